The van der Waals surface area contributed by atoms with Crippen molar-refractivity contribution in [2.75, 3.05) is 20.7 Å². The van der Waals surface area contributed by atoms with E-state index >= 15 is 0 Å². The second-order valence-electron chi connectivity index (χ2n) is 3.79. The molecule has 1 rings (SSSR count). The van der Waals surface area contributed by atoms with Gasteiger partial charge in [0.15, 0.2) is 0 Å². The molecule has 0 fully saturated rings. The van der Waals surface area contributed by atoms with Gasteiger partial charge >= 0.3 is 12.1 Å². The van der Waals surface area contributed by atoms with E-state index in [1.807, 2.05) is 30.3 Å². The lowest BCUT2D eigenvalue weighted by Gasteiger charge is -2.16. The van der Waals surface area contributed by atoms with Gasteiger partial charge in [-0.25, -0.2) is 4.79 Å². The fourth-order valence-corrected chi connectivity index (χ4v) is 1.28. The Morgan fingerprint density at radius 2 is 1.89 bits per heavy atom. The SMILES string of the molecule is COC(=O)CCN(C)C(=O)OCc1ccccc1. The van der Waals surface area contributed by atoms with Crippen molar-refractivity contribution in [3.63, 3.8) is 0 Å². The number of ether oxygens (including phenoxy) is 2. The van der Waals surface area contributed by atoms with E-state index in [2.05, 4.69) is 4.74 Å². The molecule has 0 atom stereocenters. The zero-order valence-electron chi connectivity index (χ0n) is 10.6. The molecule has 0 N–H and O–H groups in total. The van der Waals surface area contributed by atoms with E-state index < -0.39 is 6.09 Å². The number of esters is 1. The van der Waals surface area contributed by atoms with Crippen molar-refractivity contribution in [3.8, 4) is 0 Å². The smallest absolute Gasteiger partial charge is 0.409 e. The first kappa shape index (κ1) is 14.0. The van der Waals surface area contributed by atoms with Gasteiger partial charge in [0.2, 0.25) is 0 Å². The third-order valence-corrected chi connectivity index (χ3v) is 2.40. The number of nitrogens with zero attached hydrogens (tertiary/aromatic N) is 1. The van der Waals surface area contributed by atoms with Crippen molar-refractivity contribution in [2.24, 2.45) is 0 Å². The van der Waals surface area contributed by atoms with Crippen molar-refractivity contribution in [3.05, 3.63) is 35.9 Å². The molecule has 1 aromatic carbocycles. The summed E-state index contributed by atoms with van der Waals surface area (Å²) in [5.74, 6) is -0.349. The number of methoxy groups -OCH3 is 1. The largest absolute Gasteiger partial charge is 0.469 e. The highest BCUT2D eigenvalue weighted by molar-refractivity contribution is 5.71. The molecule has 0 heterocycles. The molecule has 0 radical (unpaired) electrons. The molecule has 5 nitrogen and oxygen atoms in total. The summed E-state index contributed by atoms with van der Waals surface area (Å²) in [7, 11) is 2.90. The highest BCUT2D eigenvalue weighted by atomic mass is 16.6. The van der Waals surface area contributed by atoms with Crippen LogP contribution in [0.1, 0.15) is 12.0 Å². The highest BCUT2D eigenvalue weighted by Crippen LogP contribution is 2.02. The molecule has 0 saturated heterocycles. The van der Waals surface area contributed by atoms with Crippen LogP contribution in [0, 0.1) is 0 Å². The molecule has 0 aliphatic rings. The fourth-order valence-electron chi connectivity index (χ4n) is 1.28. The lowest BCUT2D eigenvalue weighted by molar-refractivity contribution is -0.140. The predicted octanol–water partition coefficient (Wildman–Crippen LogP) is 1.82. The Kier molecular flexibility index (Phi) is 5.70. The van der Waals surface area contributed by atoms with Gasteiger partial charge in [-0.15, -0.1) is 0 Å². The molecule has 0 aromatic heterocycles. The van der Waals surface area contributed by atoms with Crippen molar-refractivity contribution in [2.45, 2.75) is 13.0 Å². The van der Waals surface area contributed by atoms with E-state index in [0.29, 0.717) is 0 Å². The summed E-state index contributed by atoms with van der Waals surface area (Å²) in [5.41, 5.74) is 0.923. The van der Waals surface area contributed by atoms with Crippen molar-refractivity contribution >= 4 is 12.1 Å². The van der Waals surface area contributed by atoms with Crippen LogP contribution in [-0.4, -0.2) is 37.7 Å². The minimum atomic E-state index is -0.456. The van der Waals surface area contributed by atoms with Crippen molar-refractivity contribution in [1.82, 2.24) is 4.90 Å². The topological polar surface area (TPSA) is 55.8 Å². The van der Waals surface area contributed by atoms with Crippen LogP contribution < -0.4 is 0 Å². The average Bonchev–Trinajstić information content (AvgIpc) is 2.42. The third kappa shape index (κ3) is 4.86. The van der Waals surface area contributed by atoms with Gasteiger partial charge in [-0.1, -0.05) is 30.3 Å². The Labute approximate surface area is 106 Å². The van der Waals surface area contributed by atoms with Gasteiger partial charge < -0.3 is 14.4 Å². The summed E-state index contributed by atoms with van der Waals surface area (Å²) in [4.78, 5) is 23.8. The molecular formula is C13H17NO4. The molecule has 0 aliphatic heterocycles. The Morgan fingerprint density at radius 1 is 1.22 bits per heavy atom. The Bertz CT molecular complexity index is 391. The third-order valence-electron chi connectivity index (χ3n) is 2.40. The first-order valence-corrected chi connectivity index (χ1v) is 5.62. The number of amides is 1. The average molecular weight is 251 g/mol. The quantitative estimate of drug-likeness (QED) is 0.749. The summed E-state index contributed by atoms with van der Waals surface area (Å²) in [6.07, 6.45) is -0.296. The van der Waals surface area contributed by atoms with Crippen LogP contribution >= 0.6 is 0 Å². The standard InChI is InChI=1S/C13H17NO4/c1-14(9-8-12(15)17-2)13(16)18-10-11-6-4-3-5-7-11/h3-7H,8-10H2,1-2H3. The van der Waals surface area contributed by atoms with Crippen LogP contribution in [0.15, 0.2) is 30.3 Å². The zero-order valence-corrected chi connectivity index (χ0v) is 10.6. The maximum atomic E-state index is 11.6. The molecule has 18 heavy (non-hydrogen) atoms. The Balaban J connectivity index is 2.30. The molecule has 0 bridgehead atoms. The van der Waals surface area contributed by atoms with Gasteiger partial charge in [0.25, 0.3) is 0 Å². The van der Waals surface area contributed by atoms with E-state index in [-0.39, 0.29) is 25.5 Å². The van der Waals surface area contributed by atoms with Crippen LogP contribution in [0.25, 0.3) is 0 Å². The normalized spacial score (nSPS) is 9.67. The van der Waals surface area contributed by atoms with E-state index in [4.69, 9.17) is 4.74 Å². The monoisotopic (exact) mass is 251 g/mol. The first-order chi connectivity index (χ1) is 8.63. The van der Waals surface area contributed by atoms with Gasteiger partial charge in [0.05, 0.1) is 13.5 Å². The summed E-state index contributed by atoms with van der Waals surface area (Å²) < 4.78 is 9.58. The lowest BCUT2D eigenvalue weighted by atomic mass is 10.2. The summed E-state index contributed by atoms with van der Waals surface area (Å²) >= 11 is 0. The summed E-state index contributed by atoms with van der Waals surface area (Å²) in [6.45, 7) is 0.503. The van der Waals surface area contributed by atoms with Crippen molar-refractivity contribution < 1.29 is 19.1 Å². The minimum absolute atomic E-state index is 0.160. The zero-order chi connectivity index (χ0) is 13.4. The molecule has 98 valence electrons. The molecule has 0 unspecified atom stereocenters. The van der Waals surface area contributed by atoms with Crippen LogP contribution in [0.4, 0.5) is 4.79 Å². The maximum Gasteiger partial charge on any atom is 0.409 e. The number of rotatable bonds is 5. The molecule has 1 aromatic rings. The highest BCUT2D eigenvalue weighted by Gasteiger charge is 2.11. The van der Waals surface area contributed by atoms with Crippen LogP contribution in [0.5, 0.6) is 0 Å². The second-order valence-corrected chi connectivity index (χ2v) is 3.79. The summed E-state index contributed by atoms with van der Waals surface area (Å²) in [6, 6.07) is 9.41. The molecule has 0 aliphatic carbocycles. The second kappa shape index (κ2) is 7.32. The van der Waals surface area contributed by atoms with Gasteiger partial charge in [-0.3, -0.25) is 4.79 Å². The van der Waals surface area contributed by atoms with Crippen LogP contribution in [0.3, 0.4) is 0 Å². The van der Waals surface area contributed by atoms with E-state index in [1.165, 1.54) is 12.0 Å². The van der Waals surface area contributed by atoms with E-state index in [9.17, 15) is 9.59 Å². The number of carbonyl (C=O) groups is 2. The van der Waals surface area contributed by atoms with Gasteiger partial charge in [0.1, 0.15) is 6.61 Å². The minimum Gasteiger partial charge on any atom is -0.469 e. The first-order valence-electron chi connectivity index (χ1n) is 5.62. The Morgan fingerprint density at radius 3 is 2.50 bits per heavy atom. The van der Waals surface area contributed by atoms with Crippen LogP contribution in [0.2, 0.25) is 0 Å². The van der Waals surface area contributed by atoms with Gasteiger partial charge in [-0.05, 0) is 5.56 Å². The van der Waals surface area contributed by atoms with E-state index in [0.717, 1.165) is 5.56 Å². The lowest BCUT2D eigenvalue weighted by Crippen LogP contribution is -2.29. The predicted molar refractivity (Wildman–Crippen MR) is 65.9 cm³/mol. The molecule has 5 heteroatoms. The molecule has 0 spiro atoms. The molecule has 1 amide bonds. The number of carbonyl (C=O) groups excluding carboxylic acids is 2. The van der Waals surface area contributed by atoms with Gasteiger partial charge in [0, 0.05) is 13.6 Å². The molecule has 0 saturated carbocycles. The fraction of sp³-hybridized carbons (Fsp3) is 0.385. The summed E-state index contributed by atoms with van der Waals surface area (Å²) in [5, 5.41) is 0. The number of benzene rings is 1. The number of hydrogen-bond donors (Lipinski definition) is 0. The molecular weight excluding hydrogens is 234 g/mol. The van der Waals surface area contributed by atoms with Crippen molar-refractivity contribution in [1.29, 1.82) is 0 Å². The maximum absolute atomic E-state index is 11.6. The van der Waals surface area contributed by atoms with Crippen LogP contribution in [-0.2, 0) is 20.9 Å². The van der Waals surface area contributed by atoms with Gasteiger partial charge in [-0.2, -0.15) is 0 Å². The Hall–Kier alpha value is -2.04. The van der Waals surface area contributed by atoms with E-state index in [1.54, 1.807) is 7.05 Å². The number of hydrogen-bond acceptors (Lipinski definition) is 4.